The van der Waals surface area contributed by atoms with Gasteiger partial charge in [0.05, 0.1) is 5.39 Å². The zero-order valence-corrected chi connectivity index (χ0v) is 16.2. The van der Waals surface area contributed by atoms with E-state index in [0.717, 1.165) is 27.2 Å². The predicted octanol–water partition coefficient (Wildman–Crippen LogP) is 4.56. The topological polar surface area (TPSA) is 79.8 Å². The lowest BCUT2D eigenvalue weighted by Gasteiger charge is -2.09. The van der Waals surface area contributed by atoms with Gasteiger partial charge in [-0.1, -0.05) is 30.3 Å². The lowest BCUT2D eigenvalue weighted by molar-refractivity contribution is -0.115. The van der Waals surface area contributed by atoms with Gasteiger partial charge in [0.25, 0.3) is 0 Å². The molecule has 0 aliphatic carbocycles. The summed E-state index contributed by atoms with van der Waals surface area (Å²) in [7, 11) is 0. The Bertz CT molecular complexity index is 1060. The third-order valence-electron chi connectivity index (χ3n) is 4.05. The lowest BCUT2D eigenvalue weighted by atomic mass is 10.0. The average Bonchev–Trinajstić information content (AvgIpc) is 3.29. The first-order chi connectivity index (χ1) is 13.2. The summed E-state index contributed by atoms with van der Waals surface area (Å²) in [6, 6.07) is 10.2. The summed E-state index contributed by atoms with van der Waals surface area (Å²) in [6.07, 6.45) is 3.56. The number of thiophene rings is 1. The Morgan fingerprint density at radius 3 is 2.78 bits per heavy atom. The van der Waals surface area contributed by atoms with Gasteiger partial charge in [-0.3, -0.25) is 4.79 Å². The molecule has 0 aliphatic heterocycles. The second kappa shape index (κ2) is 7.81. The largest absolute Gasteiger partial charge is 0.369 e. The first-order valence-corrected chi connectivity index (χ1v) is 10.1. The highest BCUT2D eigenvalue weighted by molar-refractivity contribution is 7.19. The number of thiazole rings is 1. The molecule has 8 heteroatoms. The van der Waals surface area contributed by atoms with Crippen molar-refractivity contribution in [3.05, 3.63) is 53.1 Å². The molecule has 3 heterocycles. The third-order valence-corrected chi connectivity index (χ3v) is 5.75. The summed E-state index contributed by atoms with van der Waals surface area (Å²) in [4.78, 5) is 27.1. The van der Waals surface area contributed by atoms with Crippen molar-refractivity contribution < 1.29 is 4.79 Å². The van der Waals surface area contributed by atoms with Gasteiger partial charge in [0.15, 0.2) is 5.13 Å². The minimum atomic E-state index is -0.0764. The number of benzene rings is 1. The van der Waals surface area contributed by atoms with Gasteiger partial charge in [-0.25, -0.2) is 15.0 Å². The molecule has 2 N–H and O–H groups in total. The van der Waals surface area contributed by atoms with Crippen LogP contribution in [0.1, 0.15) is 11.3 Å². The second-order valence-corrected chi connectivity index (χ2v) is 7.96. The number of aromatic nitrogens is 3. The van der Waals surface area contributed by atoms with Crippen LogP contribution in [0.25, 0.3) is 21.3 Å². The van der Waals surface area contributed by atoms with Gasteiger partial charge in [-0.15, -0.1) is 22.7 Å². The van der Waals surface area contributed by atoms with E-state index in [4.69, 9.17) is 0 Å². The number of rotatable bonds is 6. The van der Waals surface area contributed by atoms with E-state index >= 15 is 0 Å². The van der Waals surface area contributed by atoms with E-state index in [1.807, 2.05) is 23.6 Å². The smallest absolute Gasteiger partial charge is 0.227 e. The average molecular weight is 396 g/mol. The molecule has 0 radical (unpaired) electrons. The van der Waals surface area contributed by atoms with Crippen LogP contribution in [0.4, 0.5) is 10.9 Å². The van der Waals surface area contributed by atoms with E-state index in [2.05, 4.69) is 44.6 Å². The number of hydrogen-bond acceptors (Lipinski definition) is 7. The van der Waals surface area contributed by atoms with Crippen molar-refractivity contribution in [1.82, 2.24) is 15.0 Å². The summed E-state index contributed by atoms with van der Waals surface area (Å²) in [6.45, 7) is 2.58. The van der Waals surface area contributed by atoms with E-state index < -0.39 is 0 Å². The standard InChI is InChI=1S/C19H17N5OS2/c1-12-15(13-5-3-2-4-6-13)16-17(22-11-23-18(16)27-12)20-8-7-14(25)24-19-21-9-10-26-19/h2-6,9-11H,7-8H2,1H3,(H,20,22,23)(H,21,24,25). The molecule has 6 nitrogen and oxygen atoms in total. The summed E-state index contributed by atoms with van der Waals surface area (Å²) < 4.78 is 0. The second-order valence-electron chi connectivity index (χ2n) is 5.86. The van der Waals surface area contributed by atoms with Gasteiger partial charge in [0, 0.05) is 35.0 Å². The molecule has 4 rings (SSSR count). The summed E-state index contributed by atoms with van der Waals surface area (Å²) in [5.41, 5.74) is 2.28. The van der Waals surface area contributed by atoms with Gasteiger partial charge in [-0.05, 0) is 12.5 Å². The molecule has 136 valence electrons. The fraction of sp³-hybridized carbons (Fsp3) is 0.158. The van der Waals surface area contributed by atoms with Gasteiger partial charge >= 0.3 is 0 Å². The third kappa shape index (κ3) is 3.81. The molecule has 0 aliphatic rings. The van der Waals surface area contributed by atoms with Crippen molar-refractivity contribution in [1.29, 1.82) is 0 Å². The predicted molar refractivity (Wildman–Crippen MR) is 111 cm³/mol. The monoisotopic (exact) mass is 395 g/mol. The minimum Gasteiger partial charge on any atom is -0.369 e. The maximum Gasteiger partial charge on any atom is 0.227 e. The van der Waals surface area contributed by atoms with Crippen LogP contribution in [0.5, 0.6) is 0 Å². The highest BCUT2D eigenvalue weighted by Crippen LogP contribution is 2.40. The van der Waals surface area contributed by atoms with E-state index in [-0.39, 0.29) is 5.91 Å². The van der Waals surface area contributed by atoms with Crippen molar-refractivity contribution in [3.8, 4) is 11.1 Å². The van der Waals surface area contributed by atoms with Crippen LogP contribution in [0, 0.1) is 6.92 Å². The Labute approximate surface area is 164 Å². The molecule has 4 aromatic rings. The van der Waals surface area contributed by atoms with Crippen LogP contribution in [0.15, 0.2) is 48.2 Å². The van der Waals surface area contributed by atoms with E-state index in [1.54, 1.807) is 23.9 Å². The number of carbonyl (C=O) groups is 1. The zero-order valence-electron chi connectivity index (χ0n) is 14.6. The Morgan fingerprint density at radius 2 is 2.00 bits per heavy atom. The van der Waals surface area contributed by atoms with Gasteiger partial charge in [-0.2, -0.15) is 0 Å². The van der Waals surface area contributed by atoms with Crippen molar-refractivity contribution in [3.63, 3.8) is 0 Å². The molecule has 0 atom stereocenters. The van der Waals surface area contributed by atoms with Crippen molar-refractivity contribution in [2.45, 2.75) is 13.3 Å². The first kappa shape index (κ1) is 17.6. The molecule has 1 aromatic carbocycles. The van der Waals surface area contributed by atoms with Crippen LogP contribution in [-0.4, -0.2) is 27.4 Å². The van der Waals surface area contributed by atoms with E-state index in [1.165, 1.54) is 16.2 Å². The molecule has 0 spiro atoms. The SMILES string of the molecule is Cc1sc2ncnc(NCCC(=O)Nc3nccs3)c2c1-c1ccccc1. The van der Waals surface area contributed by atoms with Gasteiger partial charge < -0.3 is 10.6 Å². The molecule has 0 saturated carbocycles. The minimum absolute atomic E-state index is 0.0764. The molecule has 0 bridgehead atoms. The molecule has 0 unspecified atom stereocenters. The molecule has 3 aromatic heterocycles. The molecular weight excluding hydrogens is 378 g/mol. The Kier molecular flexibility index (Phi) is 5.08. The number of nitrogens with zero attached hydrogens (tertiary/aromatic N) is 3. The number of carbonyl (C=O) groups excluding carboxylic acids is 1. The quantitative estimate of drug-likeness (QED) is 0.500. The summed E-state index contributed by atoms with van der Waals surface area (Å²) in [5, 5.41) is 9.53. The van der Waals surface area contributed by atoms with Crippen LogP contribution in [-0.2, 0) is 4.79 Å². The highest BCUT2D eigenvalue weighted by Gasteiger charge is 2.16. The van der Waals surface area contributed by atoms with Gasteiger partial charge in [0.2, 0.25) is 5.91 Å². The number of aryl methyl sites for hydroxylation is 1. The van der Waals surface area contributed by atoms with E-state index in [0.29, 0.717) is 18.1 Å². The van der Waals surface area contributed by atoms with Crippen LogP contribution >= 0.6 is 22.7 Å². The van der Waals surface area contributed by atoms with Crippen LogP contribution in [0.2, 0.25) is 0 Å². The highest BCUT2D eigenvalue weighted by atomic mass is 32.1. The van der Waals surface area contributed by atoms with Crippen molar-refractivity contribution >= 4 is 49.7 Å². The number of amides is 1. The molecule has 1 amide bonds. The fourth-order valence-corrected chi connectivity index (χ4v) is 4.45. The maximum absolute atomic E-state index is 12.0. The Hall–Kier alpha value is -2.84. The molecule has 0 saturated heterocycles. The molecule has 0 fully saturated rings. The molecule has 27 heavy (non-hydrogen) atoms. The van der Waals surface area contributed by atoms with Crippen LogP contribution in [0.3, 0.4) is 0 Å². The Balaban J connectivity index is 1.54. The number of anilines is 2. The van der Waals surface area contributed by atoms with Gasteiger partial charge in [0.1, 0.15) is 17.0 Å². The Morgan fingerprint density at radius 1 is 1.15 bits per heavy atom. The summed E-state index contributed by atoms with van der Waals surface area (Å²) >= 11 is 3.06. The van der Waals surface area contributed by atoms with E-state index in [9.17, 15) is 4.79 Å². The number of nitrogens with one attached hydrogen (secondary N) is 2. The van der Waals surface area contributed by atoms with Crippen molar-refractivity contribution in [2.24, 2.45) is 0 Å². The maximum atomic E-state index is 12.0. The normalized spacial score (nSPS) is 10.9. The van der Waals surface area contributed by atoms with Crippen molar-refractivity contribution in [2.75, 3.05) is 17.2 Å². The molecular formula is C19H17N5OS2. The fourth-order valence-electron chi connectivity index (χ4n) is 2.89. The number of hydrogen-bond donors (Lipinski definition) is 2. The number of fused-ring (bicyclic) bond motifs is 1. The lowest BCUT2D eigenvalue weighted by Crippen LogP contribution is -2.16. The van der Waals surface area contributed by atoms with Crippen LogP contribution < -0.4 is 10.6 Å². The summed E-state index contributed by atoms with van der Waals surface area (Å²) in [5.74, 6) is 0.679. The first-order valence-electron chi connectivity index (χ1n) is 8.45. The zero-order chi connectivity index (χ0) is 18.6.